The van der Waals surface area contributed by atoms with Crippen LogP contribution in [0.25, 0.3) is 0 Å². The zero-order valence-electron chi connectivity index (χ0n) is 11.7. The molecule has 0 aliphatic heterocycles. The summed E-state index contributed by atoms with van der Waals surface area (Å²) < 4.78 is 12.1. The summed E-state index contributed by atoms with van der Waals surface area (Å²) in [4.78, 5) is 0. The molecule has 2 rings (SSSR count). The zero-order valence-corrected chi connectivity index (χ0v) is 13.2. The summed E-state index contributed by atoms with van der Waals surface area (Å²) in [7, 11) is 1.65. The summed E-state index contributed by atoms with van der Waals surface area (Å²) in [6, 6.07) is 11.7. The molecule has 0 unspecified atom stereocenters. The molecule has 0 saturated heterocycles. The van der Waals surface area contributed by atoms with Crippen LogP contribution in [-0.2, 0) is 13.0 Å². The van der Waals surface area contributed by atoms with Crippen LogP contribution < -0.4 is 15.2 Å². The number of hydrogen-bond acceptors (Lipinski definition) is 3. The molecule has 0 bridgehead atoms. The SMILES string of the molecule is CCc1ccc(OCc2cc(N)cc(Br)c2)c(OC)c1. The maximum absolute atomic E-state index is 5.82. The second kappa shape index (κ2) is 6.66. The van der Waals surface area contributed by atoms with Gasteiger partial charge in [0.2, 0.25) is 0 Å². The number of ether oxygens (including phenoxy) is 2. The van der Waals surface area contributed by atoms with Crippen LogP contribution in [0.2, 0.25) is 0 Å². The minimum atomic E-state index is 0.450. The highest BCUT2D eigenvalue weighted by Gasteiger charge is 2.06. The Labute approximate surface area is 127 Å². The molecule has 0 heterocycles. The lowest BCUT2D eigenvalue weighted by Gasteiger charge is -2.12. The first-order valence-corrected chi connectivity index (χ1v) is 7.26. The van der Waals surface area contributed by atoms with Gasteiger partial charge in [-0.05, 0) is 47.9 Å². The van der Waals surface area contributed by atoms with Gasteiger partial charge < -0.3 is 15.2 Å². The molecular formula is C16H18BrNO2. The van der Waals surface area contributed by atoms with Crippen LogP contribution in [0.15, 0.2) is 40.9 Å². The lowest BCUT2D eigenvalue weighted by Crippen LogP contribution is -1.99. The van der Waals surface area contributed by atoms with E-state index in [1.165, 1.54) is 5.56 Å². The van der Waals surface area contributed by atoms with E-state index in [9.17, 15) is 0 Å². The lowest BCUT2D eigenvalue weighted by atomic mass is 10.1. The first kappa shape index (κ1) is 14.7. The first-order valence-electron chi connectivity index (χ1n) is 6.47. The van der Waals surface area contributed by atoms with Gasteiger partial charge in [0.15, 0.2) is 11.5 Å². The number of anilines is 1. The average molecular weight is 336 g/mol. The van der Waals surface area contributed by atoms with E-state index in [2.05, 4.69) is 22.9 Å². The molecule has 0 saturated carbocycles. The molecule has 0 spiro atoms. The van der Waals surface area contributed by atoms with Crippen molar-refractivity contribution >= 4 is 21.6 Å². The van der Waals surface area contributed by atoms with E-state index in [1.54, 1.807) is 7.11 Å². The van der Waals surface area contributed by atoms with Crippen LogP contribution in [0.1, 0.15) is 18.1 Å². The van der Waals surface area contributed by atoms with Gasteiger partial charge >= 0.3 is 0 Å². The van der Waals surface area contributed by atoms with E-state index < -0.39 is 0 Å². The second-order valence-electron chi connectivity index (χ2n) is 4.52. The van der Waals surface area contributed by atoms with Crippen molar-refractivity contribution in [1.82, 2.24) is 0 Å². The fourth-order valence-corrected chi connectivity index (χ4v) is 2.53. The summed E-state index contributed by atoms with van der Waals surface area (Å²) in [5.74, 6) is 1.50. The normalized spacial score (nSPS) is 10.3. The van der Waals surface area contributed by atoms with Gasteiger partial charge in [0.1, 0.15) is 6.61 Å². The molecule has 4 heteroatoms. The van der Waals surface area contributed by atoms with Crippen LogP contribution in [0.4, 0.5) is 5.69 Å². The minimum Gasteiger partial charge on any atom is -0.493 e. The molecule has 0 radical (unpaired) electrons. The molecule has 0 amide bonds. The van der Waals surface area contributed by atoms with Crippen LogP contribution in [0.5, 0.6) is 11.5 Å². The molecule has 0 atom stereocenters. The molecule has 2 aromatic rings. The van der Waals surface area contributed by atoms with Crippen molar-refractivity contribution in [2.45, 2.75) is 20.0 Å². The maximum Gasteiger partial charge on any atom is 0.161 e. The largest absolute Gasteiger partial charge is 0.493 e. The minimum absolute atomic E-state index is 0.450. The maximum atomic E-state index is 5.82. The van der Waals surface area contributed by atoms with Crippen LogP contribution >= 0.6 is 15.9 Å². The molecule has 20 heavy (non-hydrogen) atoms. The van der Waals surface area contributed by atoms with E-state index in [0.29, 0.717) is 12.3 Å². The van der Waals surface area contributed by atoms with Crippen molar-refractivity contribution in [2.75, 3.05) is 12.8 Å². The van der Waals surface area contributed by atoms with Crippen molar-refractivity contribution in [3.8, 4) is 11.5 Å². The molecule has 0 aliphatic carbocycles. The Balaban J connectivity index is 2.14. The summed E-state index contributed by atoms with van der Waals surface area (Å²) >= 11 is 3.43. The fourth-order valence-electron chi connectivity index (χ4n) is 1.97. The third kappa shape index (κ3) is 3.67. The van der Waals surface area contributed by atoms with E-state index in [4.69, 9.17) is 15.2 Å². The monoisotopic (exact) mass is 335 g/mol. The molecule has 106 valence electrons. The predicted octanol–water partition coefficient (Wildman–Crippen LogP) is 4.18. The topological polar surface area (TPSA) is 44.5 Å². The molecule has 2 aromatic carbocycles. The van der Waals surface area contributed by atoms with E-state index >= 15 is 0 Å². The number of nitrogens with two attached hydrogens (primary N) is 1. The van der Waals surface area contributed by atoms with Gasteiger partial charge in [-0.3, -0.25) is 0 Å². The quantitative estimate of drug-likeness (QED) is 0.833. The predicted molar refractivity (Wildman–Crippen MR) is 85.3 cm³/mol. The van der Waals surface area contributed by atoms with Crippen molar-refractivity contribution in [2.24, 2.45) is 0 Å². The second-order valence-corrected chi connectivity index (χ2v) is 5.44. The summed E-state index contributed by atoms with van der Waals surface area (Å²) in [5, 5.41) is 0. The van der Waals surface area contributed by atoms with Crippen molar-refractivity contribution in [1.29, 1.82) is 0 Å². The molecule has 0 aliphatic rings. The third-order valence-corrected chi connectivity index (χ3v) is 3.47. The highest BCUT2D eigenvalue weighted by Crippen LogP contribution is 2.29. The first-order chi connectivity index (χ1) is 9.62. The number of rotatable bonds is 5. The van der Waals surface area contributed by atoms with Crippen molar-refractivity contribution in [3.05, 3.63) is 52.0 Å². The van der Waals surface area contributed by atoms with Crippen molar-refractivity contribution < 1.29 is 9.47 Å². The van der Waals surface area contributed by atoms with E-state index in [1.807, 2.05) is 36.4 Å². The van der Waals surface area contributed by atoms with Crippen molar-refractivity contribution in [3.63, 3.8) is 0 Å². The number of methoxy groups -OCH3 is 1. The van der Waals surface area contributed by atoms with Gasteiger partial charge in [0.25, 0.3) is 0 Å². The van der Waals surface area contributed by atoms with E-state index in [-0.39, 0.29) is 0 Å². The molecule has 3 nitrogen and oxygen atoms in total. The van der Waals surface area contributed by atoms with Gasteiger partial charge in [-0.1, -0.05) is 28.9 Å². The van der Waals surface area contributed by atoms with Crippen LogP contribution in [0, 0.1) is 0 Å². The molecule has 0 aromatic heterocycles. The number of hydrogen-bond donors (Lipinski definition) is 1. The van der Waals surface area contributed by atoms with E-state index in [0.717, 1.165) is 28.0 Å². The Hall–Kier alpha value is -1.68. The fraction of sp³-hybridized carbons (Fsp3) is 0.250. The number of aryl methyl sites for hydroxylation is 1. The number of nitrogen functional groups attached to an aromatic ring is 1. The van der Waals surface area contributed by atoms with Crippen LogP contribution in [0.3, 0.4) is 0 Å². The zero-order chi connectivity index (χ0) is 14.5. The smallest absolute Gasteiger partial charge is 0.161 e. The standard InChI is InChI=1S/C16H18BrNO2/c1-3-11-4-5-15(16(8-11)19-2)20-10-12-6-13(17)9-14(18)7-12/h4-9H,3,10,18H2,1-2H3. The third-order valence-electron chi connectivity index (χ3n) is 3.01. The van der Waals surface area contributed by atoms with Gasteiger partial charge in [-0.2, -0.15) is 0 Å². The summed E-state index contributed by atoms with van der Waals surface area (Å²) in [6.45, 7) is 2.56. The Bertz CT molecular complexity index is 579. The molecular weight excluding hydrogens is 318 g/mol. The molecule has 0 fully saturated rings. The van der Waals surface area contributed by atoms with Crippen LogP contribution in [-0.4, -0.2) is 7.11 Å². The highest BCUT2D eigenvalue weighted by molar-refractivity contribution is 9.10. The van der Waals surface area contributed by atoms with Gasteiger partial charge in [-0.15, -0.1) is 0 Å². The summed E-state index contributed by atoms with van der Waals surface area (Å²) in [6.07, 6.45) is 0.971. The molecule has 2 N–H and O–H groups in total. The van der Waals surface area contributed by atoms with Gasteiger partial charge in [0.05, 0.1) is 7.11 Å². The lowest BCUT2D eigenvalue weighted by molar-refractivity contribution is 0.284. The summed E-state index contributed by atoms with van der Waals surface area (Å²) in [5.41, 5.74) is 8.76. The Morgan fingerprint density at radius 3 is 2.50 bits per heavy atom. The highest BCUT2D eigenvalue weighted by atomic mass is 79.9. The number of halogens is 1. The average Bonchev–Trinajstić information content (AvgIpc) is 2.44. The van der Waals surface area contributed by atoms with Gasteiger partial charge in [-0.25, -0.2) is 0 Å². The number of benzene rings is 2. The Morgan fingerprint density at radius 2 is 1.85 bits per heavy atom. The Morgan fingerprint density at radius 1 is 1.05 bits per heavy atom. The van der Waals surface area contributed by atoms with Gasteiger partial charge in [0, 0.05) is 10.2 Å². The Kier molecular flexibility index (Phi) is 4.90.